The van der Waals surface area contributed by atoms with E-state index in [2.05, 4.69) is 16.7 Å². The van der Waals surface area contributed by atoms with Crippen molar-refractivity contribution < 1.29 is 9.00 Å². The third kappa shape index (κ3) is 3.45. The molecule has 7 heteroatoms. The van der Waals surface area contributed by atoms with Gasteiger partial charge in [-0.05, 0) is 85.5 Å². The van der Waals surface area contributed by atoms with Crippen molar-refractivity contribution in [2.45, 2.75) is 50.0 Å². The molecule has 0 aromatic heterocycles. The minimum absolute atomic E-state index is 0.0778. The Balaban J connectivity index is 1.77. The van der Waals surface area contributed by atoms with Crippen molar-refractivity contribution in [2.75, 3.05) is 12.4 Å². The van der Waals surface area contributed by atoms with Crippen molar-refractivity contribution in [1.29, 1.82) is 4.78 Å². The van der Waals surface area contributed by atoms with E-state index in [4.69, 9.17) is 9.92 Å². The fourth-order valence-corrected chi connectivity index (χ4v) is 5.23. The molecule has 1 unspecified atom stereocenters. The molecule has 0 saturated carbocycles. The molecule has 2 aliphatic rings. The largest absolute Gasteiger partial charge is 0.321 e. The summed E-state index contributed by atoms with van der Waals surface area (Å²) in [5.74, 6) is -0.340. The smallest absolute Gasteiger partial charge is 0.257 e. The van der Waals surface area contributed by atoms with E-state index in [9.17, 15) is 9.00 Å². The number of nitrogens with one attached hydrogen (secondary N) is 3. The molecule has 4 rings (SSSR count). The molecule has 0 fully saturated rings. The molecule has 148 valence electrons. The minimum atomic E-state index is -3.51. The summed E-state index contributed by atoms with van der Waals surface area (Å²) in [6.45, 7) is 0.570. The van der Waals surface area contributed by atoms with E-state index in [-0.39, 0.29) is 16.4 Å². The maximum Gasteiger partial charge on any atom is 0.257 e. The zero-order chi connectivity index (χ0) is 19.9. The predicted octanol–water partition coefficient (Wildman–Crippen LogP) is 2.92. The second kappa shape index (κ2) is 7.31. The van der Waals surface area contributed by atoms with Gasteiger partial charge < -0.3 is 10.6 Å². The van der Waals surface area contributed by atoms with Crippen LogP contribution in [0.5, 0.6) is 0 Å². The molecule has 1 amide bonds. The van der Waals surface area contributed by atoms with Crippen LogP contribution in [0.4, 0.5) is 5.69 Å². The Morgan fingerprint density at radius 1 is 1.11 bits per heavy atom. The molecule has 2 aromatic rings. The molecule has 0 saturated heterocycles. The van der Waals surface area contributed by atoms with Crippen LogP contribution >= 0.6 is 0 Å². The summed E-state index contributed by atoms with van der Waals surface area (Å²) in [7, 11) is -1.69. The normalized spacial score (nSPS) is 17.1. The monoisotopic (exact) mass is 398 g/mol. The Morgan fingerprint density at radius 2 is 1.75 bits per heavy atom. The van der Waals surface area contributed by atoms with Gasteiger partial charge in [0.2, 0.25) is 0 Å². The van der Waals surface area contributed by atoms with E-state index in [1.165, 1.54) is 28.3 Å². The van der Waals surface area contributed by atoms with Crippen molar-refractivity contribution in [3.63, 3.8) is 0 Å². The van der Waals surface area contributed by atoms with Crippen molar-refractivity contribution in [3.05, 3.63) is 57.6 Å². The molecular weight excluding hydrogens is 372 g/mol. The van der Waals surface area contributed by atoms with Gasteiger partial charge in [0.1, 0.15) is 9.92 Å². The van der Waals surface area contributed by atoms with E-state index in [1.54, 1.807) is 12.1 Å². The maximum absolute atomic E-state index is 13.2. The number of benzene rings is 2. The van der Waals surface area contributed by atoms with Crippen LogP contribution in [0.1, 0.15) is 51.0 Å². The average molecular weight is 399 g/mol. The van der Waals surface area contributed by atoms with Crippen molar-refractivity contribution >= 4 is 21.5 Å². The van der Waals surface area contributed by atoms with Crippen LogP contribution < -0.4 is 15.8 Å². The Labute approximate surface area is 166 Å². The molecule has 2 aromatic carbocycles. The standard InChI is InChI=1S/C21H26N4O2S/c1-24-12-13-8-9-19(28(22,23)27)18(10-13)21(26)25-20-16-6-2-4-14(16)11-15-5-3-7-17(15)20/h8-11,24H,2-7,12H2,1H3,(H,25,26)(H3,22,23,27). The summed E-state index contributed by atoms with van der Waals surface area (Å²) >= 11 is 0. The molecule has 0 radical (unpaired) electrons. The van der Waals surface area contributed by atoms with Gasteiger partial charge in [-0.2, -0.15) is 0 Å². The maximum atomic E-state index is 13.2. The lowest BCUT2D eigenvalue weighted by Crippen LogP contribution is -2.21. The third-order valence-electron chi connectivity index (χ3n) is 5.71. The summed E-state index contributed by atoms with van der Waals surface area (Å²) in [5.41, 5.74) is 7.18. The third-order valence-corrected chi connectivity index (χ3v) is 6.72. The second-order valence-corrected chi connectivity index (χ2v) is 9.29. The summed E-state index contributed by atoms with van der Waals surface area (Å²) in [6, 6.07) is 7.29. The van der Waals surface area contributed by atoms with Crippen molar-refractivity contribution in [3.8, 4) is 0 Å². The first-order chi connectivity index (χ1) is 13.4. The summed E-state index contributed by atoms with van der Waals surface area (Å²) in [5, 5.41) is 11.8. The number of hydrogen-bond acceptors (Lipinski definition) is 4. The molecule has 0 spiro atoms. The van der Waals surface area contributed by atoms with E-state index < -0.39 is 9.92 Å². The fourth-order valence-electron chi connectivity index (χ4n) is 4.48. The number of hydrogen-bond donors (Lipinski definition) is 4. The lowest BCUT2D eigenvalue weighted by atomic mass is 9.98. The number of amides is 1. The van der Waals surface area contributed by atoms with Gasteiger partial charge in [-0.1, -0.05) is 12.1 Å². The molecule has 0 heterocycles. The molecule has 1 atom stereocenters. The van der Waals surface area contributed by atoms with Crippen LogP contribution in [0.15, 0.2) is 29.2 Å². The van der Waals surface area contributed by atoms with Crippen molar-refractivity contribution in [2.24, 2.45) is 5.14 Å². The Morgan fingerprint density at radius 3 is 2.32 bits per heavy atom. The Kier molecular flexibility index (Phi) is 4.99. The summed E-state index contributed by atoms with van der Waals surface area (Å²) in [4.78, 5) is 13.3. The lowest BCUT2D eigenvalue weighted by Gasteiger charge is -2.18. The first kappa shape index (κ1) is 19.1. The van der Waals surface area contributed by atoms with E-state index >= 15 is 0 Å². The van der Waals surface area contributed by atoms with Gasteiger partial charge in [-0.25, -0.2) is 14.1 Å². The van der Waals surface area contributed by atoms with Gasteiger partial charge in [0.05, 0.1) is 10.5 Å². The number of aryl methyl sites for hydroxylation is 2. The first-order valence-corrected chi connectivity index (χ1v) is 11.3. The van der Waals surface area contributed by atoms with Crippen molar-refractivity contribution in [1.82, 2.24) is 5.32 Å². The first-order valence-electron chi connectivity index (χ1n) is 9.70. The minimum Gasteiger partial charge on any atom is -0.321 e. The highest BCUT2D eigenvalue weighted by atomic mass is 32.2. The number of fused-ring (bicyclic) bond motifs is 2. The zero-order valence-corrected chi connectivity index (χ0v) is 16.9. The molecule has 28 heavy (non-hydrogen) atoms. The molecule has 0 bridgehead atoms. The molecule has 5 N–H and O–H groups in total. The lowest BCUT2D eigenvalue weighted by molar-refractivity contribution is 0.102. The average Bonchev–Trinajstić information content (AvgIpc) is 3.29. The van der Waals surface area contributed by atoms with Gasteiger partial charge in [-0.15, -0.1) is 0 Å². The van der Waals surface area contributed by atoms with Gasteiger partial charge in [0.15, 0.2) is 0 Å². The molecule has 6 nitrogen and oxygen atoms in total. The van der Waals surface area contributed by atoms with Gasteiger partial charge >= 0.3 is 0 Å². The van der Waals surface area contributed by atoms with Gasteiger partial charge in [0, 0.05) is 12.2 Å². The van der Waals surface area contributed by atoms with Crippen LogP contribution in [-0.2, 0) is 42.1 Å². The second-order valence-electron chi connectivity index (χ2n) is 7.65. The highest BCUT2D eigenvalue weighted by molar-refractivity contribution is 7.90. The van der Waals surface area contributed by atoms with Gasteiger partial charge in [-0.3, -0.25) is 4.79 Å². The SMILES string of the molecule is CNCc1ccc(S(=N)(N)=O)c(C(=O)Nc2c3c(cc4c2CCC4)CCC3)c1. The van der Waals surface area contributed by atoms with E-state index in [0.717, 1.165) is 49.8 Å². The quantitative estimate of drug-likeness (QED) is 0.622. The van der Waals surface area contributed by atoms with E-state index in [0.29, 0.717) is 6.54 Å². The number of nitrogens with two attached hydrogens (primary N) is 1. The van der Waals surface area contributed by atoms with Crippen LogP contribution in [0.2, 0.25) is 0 Å². The number of anilines is 1. The number of rotatable bonds is 5. The van der Waals surface area contributed by atoms with Crippen LogP contribution in [-0.4, -0.2) is 17.2 Å². The highest BCUT2D eigenvalue weighted by Gasteiger charge is 2.26. The van der Waals surface area contributed by atoms with Crippen LogP contribution in [0.3, 0.4) is 0 Å². The number of carbonyl (C=O) groups excluding carboxylic acids is 1. The summed E-state index contributed by atoms with van der Waals surface area (Å²) < 4.78 is 20.1. The van der Waals surface area contributed by atoms with E-state index in [1.807, 2.05) is 7.05 Å². The Hall–Kier alpha value is -2.22. The van der Waals surface area contributed by atoms with Crippen LogP contribution in [0, 0.1) is 4.78 Å². The molecular formula is C21H26N4O2S. The predicted molar refractivity (Wildman–Crippen MR) is 111 cm³/mol. The summed E-state index contributed by atoms with van der Waals surface area (Å²) in [6.07, 6.45) is 6.25. The highest BCUT2D eigenvalue weighted by Crippen LogP contribution is 2.39. The topological polar surface area (TPSA) is 108 Å². The molecule has 0 aliphatic heterocycles. The molecule has 2 aliphatic carbocycles. The Bertz CT molecular complexity index is 1030. The van der Waals surface area contributed by atoms with Gasteiger partial charge in [0.25, 0.3) is 5.91 Å². The fraction of sp³-hybridized carbons (Fsp3) is 0.381. The van der Waals surface area contributed by atoms with Crippen LogP contribution in [0.25, 0.3) is 0 Å². The zero-order valence-electron chi connectivity index (χ0n) is 16.1. The number of carbonyl (C=O) groups is 1.